The zero-order valence-corrected chi connectivity index (χ0v) is 15.0. The molecule has 1 aromatic heterocycles. The van der Waals surface area contributed by atoms with Crippen molar-refractivity contribution >= 4 is 16.8 Å². The van der Waals surface area contributed by atoms with E-state index in [1.54, 1.807) is 0 Å². The van der Waals surface area contributed by atoms with Gasteiger partial charge in [-0.2, -0.15) is 0 Å². The van der Waals surface area contributed by atoms with Crippen molar-refractivity contribution in [3.05, 3.63) is 81.1 Å². The molecule has 2 aromatic carbocycles. The number of hydrogen-bond donors (Lipinski definition) is 2. The molecule has 1 amide bonds. The number of aryl methyl sites for hydroxylation is 2. The van der Waals surface area contributed by atoms with Crippen molar-refractivity contribution in [2.75, 3.05) is 0 Å². The lowest BCUT2D eigenvalue weighted by Crippen LogP contribution is -2.28. The van der Waals surface area contributed by atoms with E-state index in [1.807, 2.05) is 37.3 Å². The second-order valence-corrected chi connectivity index (χ2v) is 7.22. The van der Waals surface area contributed by atoms with Crippen LogP contribution < -0.4 is 10.9 Å². The van der Waals surface area contributed by atoms with Crippen molar-refractivity contribution in [1.82, 2.24) is 10.3 Å². The van der Waals surface area contributed by atoms with Crippen LogP contribution >= 0.6 is 0 Å². The molecule has 0 bridgehead atoms. The van der Waals surface area contributed by atoms with Crippen LogP contribution in [0.15, 0.2) is 53.3 Å². The molecule has 0 radical (unpaired) electrons. The van der Waals surface area contributed by atoms with Gasteiger partial charge in [-0.1, -0.05) is 30.3 Å². The Labute approximate surface area is 152 Å². The van der Waals surface area contributed by atoms with Crippen molar-refractivity contribution in [3.63, 3.8) is 0 Å². The topological polar surface area (TPSA) is 62.0 Å². The molecule has 1 saturated carbocycles. The maximum atomic E-state index is 12.4. The van der Waals surface area contributed by atoms with E-state index in [1.165, 1.54) is 11.1 Å². The molecule has 1 aliphatic rings. The number of aromatic nitrogens is 1. The van der Waals surface area contributed by atoms with Crippen molar-refractivity contribution < 1.29 is 4.79 Å². The molecule has 4 nitrogen and oxygen atoms in total. The molecule has 132 valence electrons. The maximum absolute atomic E-state index is 12.4. The predicted octanol–water partition coefficient (Wildman–Crippen LogP) is 3.56. The molecule has 1 fully saturated rings. The third kappa shape index (κ3) is 3.15. The van der Waals surface area contributed by atoms with E-state index < -0.39 is 0 Å². The van der Waals surface area contributed by atoms with Gasteiger partial charge in [0.25, 0.3) is 5.56 Å². The number of H-pyrrole nitrogens is 1. The molecule has 1 heterocycles. The molecular formula is C22H22N2O2. The molecule has 4 rings (SSSR count). The van der Waals surface area contributed by atoms with E-state index in [2.05, 4.69) is 35.4 Å². The zero-order valence-electron chi connectivity index (χ0n) is 15.0. The van der Waals surface area contributed by atoms with Crippen LogP contribution in [0.2, 0.25) is 0 Å². The number of aromatic amines is 1. The van der Waals surface area contributed by atoms with E-state index in [9.17, 15) is 9.59 Å². The normalized spacial score (nSPS) is 18.7. The van der Waals surface area contributed by atoms with Crippen molar-refractivity contribution in [1.29, 1.82) is 0 Å². The summed E-state index contributed by atoms with van der Waals surface area (Å²) in [4.78, 5) is 27.6. The standard InChI is InChI=1S/C22H22N2O2/c1-13-8-16-10-17(21(25)24-20(16)9-14(13)2)12-23-22(26)19-11-18(19)15-6-4-3-5-7-15/h3-10,18-19H,11-12H2,1-2H3,(H,23,26)(H,24,25). The highest BCUT2D eigenvalue weighted by molar-refractivity contribution is 5.83. The summed E-state index contributed by atoms with van der Waals surface area (Å²) in [6.45, 7) is 4.34. The lowest BCUT2D eigenvalue weighted by Gasteiger charge is -2.08. The fraction of sp³-hybridized carbons (Fsp3) is 0.273. The molecule has 26 heavy (non-hydrogen) atoms. The molecule has 1 aliphatic carbocycles. The number of nitrogens with one attached hydrogen (secondary N) is 2. The highest BCUT2D eigenvalue weighted by Gasteiger charge is 2.43. The Morgan fingerprint density at radius 3 is 2.62 bits per heavy atom. The average molecular weight is 346 g/mol. The molecule has 4 heteroatoms. The average Bonchev–Trinajstić information content (AvgIpc) is 3.43. The largest absolute Gasteiger partial charge is 0.352 e. The minimum absolute atomic E-state index is 0.0156. The van der Waals surface area contributed by atoms with Gasteiger partial charge in [0, 0.05) is 23.5 Å². The van der Waals surface area contributed by atoms with Crippen LogP contribution in [0.5, 0.6) is 0 Å². The second kappa shape index (κ2) is 6.45. The smallest absolute Gasteiger partial charge is 0.253 e. The Morgan fingerprint density at radius 1 is 1.12 bits per heavy atom. The van der Waals surface area contributed by atoms with Crippen molar-refractivity contribution in [2.24, 2.45) is 5.92 Å². The monoisotopic (exact) mass is 346 g/mol. The maximum Gasteiger partial charge on any atom is 0.253 e. The van der Waals surface area contributed by atoms with Crippen LogP contribution in [0.1, 0.15) is 34.6 Å². The number of pyridine rings is 1. The van der Waals surface area contributed by atoms with Gasteiger partial charge in [0.1, 0.15) is 0 Å². The van der Waals surface area contributed by atoms with Gasteiger partial charge in [0.2, 0.25) is 5.91 Å². The van der Waals surface area contributed by atoms with Gasteiger partial charge in [0.05, 0.1) is 0 Å². The van der Waals surface area contributed by atoms with Gasteiger partial charge < -0.3 is 10.3 Å². The van der Waals surface area contributed by atoms with Crippen molar-refractivity contribution in [2.45, 2.75) is 32.7 Å². The number of carbonyl (C=O) groups excluding carboxylic acids is 1. The number of rotatable bonds is 4. The Balaban J connectivity index is 1.46. The van der Waals surface area contributed by atoms with Gasteiger partial charge in [-0.15, -0.1) is 0 Å². The van der Waals surface area contributed by atoms with Crippen LogP contribution in [0.25, 0.3) is 10.9 Å². The first-order valence-electron chi connectivity index (χ1n) is 8.99. The Kier molecular flexibility index (Phi) is 4.11. The second-order valence-electron chi connectivity index (χ2n) is 7.22. The zero-order chi connectivity index (χ0) is 18.3. The van der Waals surface area contributed by atoms with E-state index in [0.717, 1.165) is 22.9 Å². The molecule has 2 unspecified atom stereocenters. The van der Waals surface area contributed by atoms with E-state index in [4.69, 9.17) is 0 Å². The molecular weight excluding hydrogens is 324 g/mol. The Bertz CT molecular complexity index is 1040. The quantitative estimate of drug-likeness (QED) is 0.759. The van der Waals surface area contributed by atoms with Crippen LogP contribution in [-0.2, 0) is 11.3 Å². The molecule has 0 saturated heterocycles. The third-order valence-corrected chi connectivity index (χ3v) is 5.34. The van der Waals surface area contributed by atoms with Gasteiger partial charge >= 0.3 is 0 Å². The highest BCUT2D eigenvalue weighted by atomic mass is 16.2. The highest BCUT2D eigenvalue weighted by Crippen LogP contribution is 2.47. The van der Waals surface area contributed by atoms with Gasteiger partial charge in [-0.25, -0.2) is 0 Å². The van der Waals surface area contributed by atoms with Crippen LogP contribution in [-0.4, -0.2) is 10.9 Å². The van der Waals surface area contributed by atoms with Gasteiger partial charge in [0.15, 0.2) is 0 Å². The fourth-order valence-electron chi connectivity index (χ4n) is 3.52. The molecule has 0 spiro atoms. The number of hydrogen-bond acceptors (Lipinski definition) is 2. The first kappa shape index (κ1) is 16.6. The number of benzene rings is 2. The van der Waals surface area contributed by atoms with Crippen LogP contribution in [0.4, 0.5) is 0 Å². The van der Waals surface area contributed by atoms with E-state index in [-0.39, 0.29) is 23.9 Å². The number of amides is 1. The lowest BCUT2D eigenvalue weighted by molar-refractivity contribution is -0.122. The third-order valence-electron chi connectivity index (χ3n) is 5.34. The summed E-state index contributed by atoms with van der Waals surface area (Å²) in [6, 6.07) is 16.1. The molecule has 2 atom stereocenters. The first-order chi connectivity index (χ1) is 12.5. The number of carbonyl (C=O) groups is 1. The van der Waals surface area contributed by atoms with Crippen LogP contribution in [0.3, 0.4) is 0 Å². The Hall–Kier alpha value is -2.88. The molecule has 0 aliphatic heterocycles. The van der Waals surface area contributed by atoms with E-state index >= 15 is 0 Å². The predicted molar refractivity (Wildman–Crippen MR) is 103 cm³/mol. The Morgan fingerprint density at radius 2 is 1.85 bits per heavy atom. The minimum Gasteiger partial charge on any atom is -0.352 e. The molecule has 2 N–H and O–H groups in total. The van der Waals surface area contributed by atoms with Crippen LogP contribution in [0, 0.1) is 19.8 Å². The summed E-state index contributed by atoms with van der Waals surface area (Å²) in [5.74, 6) is 0.344. The van der Waals surface area contributed by atoms with Crippen molar-refractivity contribution in [3.8, 4) is 0 Å². The summed E-state index contributed by atoms with van der Waals surface area (Å²) < 4.78 is 0. The van der Waals surface area contributed by atoms with Gasteiger partial charge in [-0.3, -0.25) is 9.59 Å². The summed E-state index contributed by atoms with van der Waals surface area (Å²) >= 11 is 0. The lowest BCUT2D eigenvalue weighted by atomic mass is 10.0. The summed E-state index contributed by atoms with van der Waals surface area (Å²) in [5, 5.41) is 3.92. The number of fused-ring (bicyclic) bond motifs is 1. The fourth-order valence-corrected chi connectivity index (χ4v) is 3.52. The SMILES string of the molecule is Cc1cc2cc(CNC(=O)C3CC3c3ccccc3)c(=O)[nH]c2cc1C. The minimum atomic E-state index is -0.142. The summed E-state index contributed by atoms with van der Waals surface area (Å²) in [6.07, 6.45) is 0.877. The first-order valence-corrected chi connectivity index (χ1v) is 8.99. The van der Waals surface area contributed by atoms with Gasteiger partial charge in [-0.05, 0) is 66.5 Å². The summed E-state index contributed by atoms with van der Waals surface area (Å²) in [7, 11) is 0. The summed E-state index contributed by atoms with van der Waals surface area (Å²) in [5.41, 5.74) is 4.82. The van der Waals surface area contributed by atoms with E-state index in [0.29, 0.717) is 11.5 Å². The molecule has 3 aromatic rings.